The number of hydrogen-bond donors (Lipinski definition) is 2. The first-order valence-electron chi connectivity index (χ1n) is 10.2. The predicted octanol–water partition coefficient (Wildman–Crippen LogP) is 3.45. The van der Waals surface area contributed by atoms with Gasteiger partial charge in [-0.05, 0) is 49.2 Å². The highest BCUT2D eigenvalue weighted by Crippen LogP contribution is 2.27. The highest BCUT2D eigenvalue weighted by atomic mass is 32.2. The molecule has 30 heavy (non-hydrogen) atoms. The van der Waals surface area contributed by atoms with Gasteiger partial charge in [-0.25, -0.2) is 0 Å². The summed E-state index contributed by atoms with van der Waals surface area (Å²) in [6, 6.07) is 14.9. The van der Waals surface area contributed by atoms with Crippen molar-refractivity contribution in [2.24, 2.45) is 4.40 Å². The van der Waals surface area contributed by atoms with E-state index in [1.165, 1.54) is 38.2 Å². The fourth-order valence-electron chi connectivity index (χ4n) is 3.99. The van der Waals surface area contributed by atoms with E-state index in [9.17, 15) is 13.2 Å². The van der Waals surface area contributed by atoms with Crippen molar-refractivity contribution in [1.82, 2.24) is 4.90 Å². The minimum Gasteiger partial charge on any atom is -0.382 e. The summed E-state index contributed by atoms with van der Waals surface area (Å²) in [4.78, 5) is 14.2. The highest BCUT2D eigenvalue weighted by Gasteiger charge is 2.30. The normalized spacial score (nSPS) is 17.7. The third-order valence-corrected chi connectivity index (χ3v) is 6.82. The Morgan fingerprint density at radius 3 is 2.43 bits per heavy atom. The van der Waals surface area contributed by atoms with E-state index in [-0.39, 0.29) is 23.2 Å². The van der Waals surface area contributed by atoms with Crippen LogP contribution >= 0.6 is 0 Å². The standard InChI is InChI=1S/C22H26N4O3S/c1-26(22-19-9-5-6-10-20(19)30(28,29)25-22)15-21(27)24-18-13-11-17(12-14-18)23-16-7-3-2-4-8-16/h5-6,9-14,16,23H,2-4,7-8,15H2,1H3,(H,24,27). The van der Waals surface area contributed by atoms with Gasteiger partial charge >= 0.3 is 0 Å². The van der Waals surface area contributed by atoms with Gasteiger partial charge in [0.2, 0.25) is 5.91 Å². The highest BCUT2D eigenvalue weighted by molar-refractivity contribution is 7.90. The molecule has 0 unspecified atom stereocenters. The number of anilines is 2. The van der Waals surface area contributed by atoms with Gasteiger partial charge in [0.25, 0.3) is 10.0 Å². The van der Waals surface area contributed by atoms with E-state index in [0.29, 0.717) is 17.3 Å². The quantitative estimate of drug-likeness (QED) is 0.764. The maximum absolute atomic E-state index is 12.5. The summed E-state index contributed by atoms with van der Waals surface area (Å²) in [5, 5.41) is 6.41. The maximum Gasteiger partial charge on any atom is 0.285 e. The summed E-state index contributed by atoms with van der Waals surface area (Å²) in [5.41, 5.74) is 2.27. The molecule has 0 radical (unpaired) electrons. The van der Waals surface area contributed by atoms with Crippen LogP contribution in [0.4, 0.5) is 11.4 Å². The average Bonchev–Trinajstić information content (AvgIpc) is 3.02. The molecule has 2 aromatic rings. The lowest BCUT2D eigenvalue weighted by Gasteiger charge is -2.24. The van der Waals surface area contributed by atoms with Crippen LogP contribution in [0.15, 0.2) is 57.8 Å². The van der Waals surface area contributed by atoms with Crippen molar-refractivity contribution < 1.29 is 13.2 Å². The lowest BCUT2D eigenvalue weighted by Crippen LogP contribution is -2.34. The van der Waals surface area contributed by atoms with Crippen LogP contribution in [0.3, 0.4) is 0 Å². The molecule has 2 aliphatic rings. The van der Waals surface area contributed by atoms with Crippen LogP contribution in [0.1, 0.15) is 37.7 Å². The molecule has 0 saturated heterocycles. The molecule has 0 atom stereocenters. The minimum absolute atomic E-state index is 0.00916. The Hall–Kier alpha value is -2.87. The molecule has 2 aromatic carbocycles. The zero-order valence-electron chi connectivity index (χ0n) is 17.0. The molecular weight excluding hydrogens is 400 g/mol. The molecule has 1 amide bonds. The van der Waals surface area contributed by atoms with Crippen molar-refractivity contribution in [3.8, 4) is 0 Å². The van der Waals surface area contributed by atoms with Gasteiger partial charge in [-0.3, -0.25) is 4.79 Å². The smallest absolute Gasteiger partial charge is 0.285 e. The lowest BCUT2D eigenvalue weighted by atomic mass is 9.95. The van der Waals surface area contributed by atoms with Gasteiger partial charge < -0.3 is 15.5 Å². The monoisotopic (exact) mass is 426 g/mol. The fourth-order valence-corrected chi connectivity index (χ4v) is 5.24. The van der Waals surface area contributed by atoms with Gasteiger partial charge in [0.1, 0.15) is 4.90 Å². The fraction of sp³-hybridized carbons (Fsp3) is 0.364. The molecule has 7 nitrogen and oxygen atoms in total. The first kappa shape index (κ1) is 20.4. The van der Waals surface area contributed by atoms with Crippen molar-refractivity contribution in [3.63, 3.8) is 0 Å². The Bertz CT molecular complexity index is 1060. The van der Waals surface area contributed by atoms with Crippen molar-refractivity contribution in [2.75, 3.05) is 24.2 Å². The topological polar surface area (TPSA) is 90.9 Å². The number of carbonyl (C=O) groups is 1. The van der Waals surface area contributed by atoms with Crippen molar-refractivity contribution in [3.05, 3.63) is 54.1 Å². The number of rotatable bonds is 5. The van der Waals surface area contributed by atoms with Gasteiger partial charge in [0.05, 0.1) is 6.54 Å². The molecule has 1 aliphatic carbocycles. The number of amidine groups is 1. The van der Waals surface area contributed by atoms with Crippen molar-refractivity contribution in [2.45, 2.75) is 43.0 Å². The van der Waals surface area contributed by atoms with Gasteiger partial charge in [0, 0.05) is 30.0 Å². The summed E-state index contributed by atoms with van der Waals surface area (Å²) >= 11 is 0. The summed E-state index contributed by atoms with van der Waals surface area (Å²) < 4.78 is 28.2. The second-order valence-electron chi connectivity index (χ2n) is 7.85. The van der Waals surface area contributed by atoms with Crippen molar-refractivity contribution in [1.29, 1.82) is 0 Å². The van der Waals surface area contributed by atoms with E-state index in [2.05, 4.69) is 15.0 Å². The molecule has 0 aromatic heterocycles. The zero-order valence-corrected chi connectivity index (χ0v) is 17.8. The molecule has 0 spiro atoms. The Morgan fingerprint density at radius 2 is 1.70 bits per heavy atom. The number of nitrogens with zero attached hydrogens (tertiary/aromatic N) is 2. The molecule has 1 aliphatic heterocycles. The third kappa shape index (κ3) is 4.48. The van der Waals surface area contributed by atoms with Gasteiger partial charge in [-0.1, -0.05) is 31.4 Å². The first-order valence-corrected chi connectivity index (χ1v) is 11.7. The van der Waals surface area contributed by atoms with E-state index in [1.807, 2.05) is 24.3 Å². The number of amides is 1. The second kappa shape index (κ2) is 8.47. The molecular formula is C22H26N4O3S. The van der Waals surface area contributed by atoms with Gasteiger partial charge in [0.15, 0.2) is 5.84 Å². The van der Waals surface area contributed by atoms with E-state index in [1.54, 1.807) is 30.1 Å². The van der Waals surface area contributed by atoms with Crippen molar-refractivity contribution >= 4 is 33.1 Å². The Balaban J connectivity index is 1.36. The summed E-state index contributed by atoms with van der Waals surface area (Å²) in [6.45, 7) is -0.00916. The maximum atomic E-state index is 12.5. The van der Waals surface area contributed by atoms with E-state index in [0.717, 1.165) is 5.69 Å². The number of sulfonamides is 1. The number of benzene rings is 2. The molecule has 8 heteroatoms. The molecule has 0 bridgehead atoms. The molecule has 1 heterocycles. The Kier molecular flexibility index (Phi) is 5.76. The van der Waals surface area contributed by atoms with Crippen LogP contribution in [0.25, 0.3) is 0 Å². The van der Waals surface area contributed by atoms with E-state index < -0.39 is 10.0 Å². The molecule has 1 saturated carbocycles. The van der Waals surface area contributed by atoms with Crippen LogP contribution in [-0.4, -0.2) is 44.7 Å². The summed E-state index contributed by atoms with van der Waals surface area (Å²) in [5.74, 6) is 0.0442. The minimum atomic E-state index is -3.70. The largest absolute Gasteiger partial charge is 0.382 e. The Morgan fingerprint density at radius 1 is 1.03 bits per heavy atom. The first-order chi connectivity index (χ1) is 14.4. The number of hydrogen-bond acceptors (Lipinski definition) is 5. The number of likely N-dealkylation sites (N-methyl/N-ethyl adjacent to an activating group) is 1. The second-order valence-corrected chi connectivity index (χ2v) is 9.42. The molecule has 158 valence electrons. The van der Waals surface area contributed by atoms with Crippen LogP contribution in [0, 0.1) is 0 Å². The Labute approximate surface area is 177 Å². The molecule has 2 N–H and O–H groups in total. The summed E-state index contributed by atoms with van der Waals surface area (Å²) in [6.07, 6.45) is 6.27. The summed E-state index contributed by atoms with van der Waals surface area (Å²) in [7, 11) is -2.04. The van der Waals surface area contributed by atoms with Crippen LogP contribution < -0.4 is 10.6 Å². The van der Waals surface area contributed by atoms with Gasteiger partial charge in [-0.15, -0.1) is 4.40 Å². The number of fused-ring (bicyclic) bond motifs is 1. The van der Waals surface area contributed by atoms with E-state index in [4.69, 9.17) is 0 Å². The number of carbonyl (C=O) groups excluding carboxylic acids is 1. The zero-order chi connectivity index (χ0) is 21.1. The average molecular weight is 427 g/mol. The van der Waals surface area contributed by atoms with E-state index >= 15 is 0 Å². The third-order valence-electron chi connectivity index (χ3n) is 5.50. The van der Waals surface area contributed by atoms with Crippen LogP contribution in [0.2, 0.25) is 0 Å². The predicted molar refractivity (Wildman–Crippen MR) is 118 cm³/mol. The van der Waals surface area contributed by atoms with Crippen LogP contribution in [-0.2, 0) is 14.8 Å². The van der Waals surface area contributed by atoms with Crippen LogP contribution in [0.5, 0.6) is 0 Å². The molecule has 1 fully saturated rings. The lowest BCUT2D eigenvalue weighted by molar-refractivity contribution is -0.116. The van der Waals surface area contributed by atoms with Gasteiger partial charge in [-0.2, -0.15) is 8.42 Å². The SMILES string of the molecule is CN(CC(=O)Nc1ccc(NC2CCCCC2)cc1)C1=NS(=O)(=O)c2ccccc21. The molecule has 4 rings (SSSR count). The number of nitrogens with one attached hydrogen (secondary N) is 2.